The van der Waals surface area contributed by atoms with Gasteiger partial charge in [0.2, 0.25) is 0 Å². The van der Waals surface area contributed by atoms with Crippen LogP contribution in [-0.4, -0.2) is 19.8 Å². The summed E-state index contributed by atoms with van der Waals surface area (Å²) in [5, 5.41) is 0. The van der Waals surface area contributed by atoms with Gasteiger partial charge in [-0.2, -0.15) is 11.8 Å². The van der Waals surface area contributed by atoms with Gasteiger partial charge < -0.3 is 4.90 Å². The Morgan fingerprint density at radius 1 is 1.31 bits per heavy atom. The Labute approximate surface area is 104 Å². The average Bonchev–Trinajstić information content (AvgIpc) is 2.27. The molecule has 0 N–H and O–H groups in total. The van der Waals surface area contributed by atoms with E-state index in [9.17, 15) is 0 Å². The van der Waals surface area contributed by atoms with Crippen LogP contribution in [0, 0.1) is 0 Å². The Hall–Kier alpha value is -0.890. The van der Waals surface area contributed by atoms with Gasteiger partial charge >= 0.3 is 0 Å². The zero-order valence-corrected chi connectivity index (χ0v) is 11.5. The standard InChI is InChI=1S/C14H21NS/c1-5-7-12-10-14(15(3)4)9-8-13(12)11-16-6-2/h5,7-10H,6,11H2,1-4H3. The first-order chi connectivity index (χ1) is 7.69. The van der Waals surface area contributed by atoms with Gasteiger partial charge in [-0.15, -0.1) is 0 Å². The van der Waals surface area contributed by atoms with E-state index in [0.717, 1.165) is 5.75 Å². The van der Waals surface area contributed by atoms with Crippen LogP contribution in [0.3, 0.4) is 0 Å². The van der Waals surface area contributed by atoms with Gasteiger partial charge in [0.05, 0.1) is 0 Å². The number of rotatable bonds is 5. The van der Waals surface area contributed by atoms with Crippen molar-refractivity contribution in [3.05, 3.63) is 35.4 Å². The lowest BCUT2D eigenvalue weighted by molar-refractivity contribution is 1.13. The summed E-state index contributed by atoms with van der Waals surface area (Å²) in [6, 6.07) is 6.69. The lowest BCUT2D eigenvalue weighted by Crippen LogP contribution is -2.08. The van der Waals surface area contributed by atoms with E-state index in [1.54, 1.807) is 0 Å². The maximum Gasteiger partial charge on any atom is 0.0367 e. The third-order valence-electron chi connectivity index (χ3n) is 2.45. The molecular formula is C14H21NS. The van der Waals surface area contributed by atoms with Crippen LogP contribution in [0.5, 0.6) is 0 Å². The van der Waals surface area contributed by atoms with Crippen LogP contribution in [0.4, 0.5) is 5.69 Å². The molecule has 1 aromatic carbocycles. The first kappa shape index (κ1) is 13.2. The fraction of sp³-hybridized carbons (Fsp3) is 0.429. The highest BCUT2D eigenvalue weighted by Crippen LogP contribution is 2.23. The van der Waals surface area contributed by atoms with Crippen LogP contribution >= 0.6 is 11.8 Å². The van der Waals surface area contributed by atoms with E-state index < -0.39 is 0 Å². The summed E-state index contributed by atoms with van der Waals surface area (Å²) in [6.45, 7) is 4.27. The van der Waals surface area contributed by atoms with Crippen molar-refractivity contribution in [1.82, 2.24) is 0 Å². The molecule has 0 saturated carbocycles. The summed E-state index contributed by atoms with van der Waals surface area (Å²) in [5.74, 6) is 2.27. The van der Waals surface area contributed by atoms with E-state index in [0.29, 0.717) is 0 Å². The third-order valence-corrected chi connectivity index (χ3v) is 3.38. The SMILES string of the molecule is CC=Cc1cc(N(C)C)ccc1CSCC. The van der Waals surface area contributed by atoms with Gasteiger partial charge in [0.15, 0.2) is 0 Å². The second-order valence-corrected chi connectivity index (χ2v) is 5.19. The summed E-state index contributed by atoms with van der Waals surface area (Å²) in [5.41, 5.74) is 4.03. The number of hydrogen-bond acceptors (Lipinski definition) is 2. The van der Waals surface area contributed by atoms with Gasteiger partial charge in [-0.3, -0.25) is 0 Å². The van der Waals surface area contributed by atoms with Crippen molar-refractivity contribution in [3.8, 4) is 0 Å². The first-order valence-electron chi connectivity index (χ1n) is 5.69. The zero-order valence-electron chi connectivity index (χ0n) is 10.7. The molecule has 1 nitrogen and oxygen atoms in total. The monoisotopic (exact) mass is 235 g/mol. The highest BCUT2D eigenvalue weighted by Gasteiger charge is 2.02. The molecule has 0 unspecified atom stereocenters. The Bertz CT molecular complexity index is 356. The first-order valence-corrected chi connectivity index (χ1v) is 6.85. The van der Waals surface area contributed by atoms with Crippen LogP contribution in [0.25, 0.3) is 6.08 Å². The van der Waals surface area contributed by atoms with Crippen molar-refractivity contribution < 1.29 is 0 Å². The van der Waals surface area contributed by atoms with Crippen LogP contribution < -0.4 is 4.90 Å². The highest BCUT2D eigenvalue weighted by molar-refractivity contribution is 7.98. The van der Waals surface area contributed by atoms with Gasteiger partial charge in [0.25, 0.3) is 0 Å². The van der Waals surface area contributed by atoms with Crippen molar-refractivity contribution in [1.29, 1.82) is 0 Å². The molecule has 0 aromatic heterocycles. The average molecular weight is 235 g/mol. The smallest absolute Gasteiger partial charge is 0.0367 e. The molecule has 0 radical (unpaired) electrons. The summed E-state index contributed by atoms with van der Waals surface area (Å²) in [7, 11) is 4.16. The number of anilines is 1. The Morgan fingerprint density at radius 3 is 2.62 bits per heavy atom. The minimum atomic E-state index is 1.10. The van der Waals surface area contributed by atoms with Crippen LogP contribution in [0.15, 0.2) is 24.3 Å². The molecule has 0 atom stereocenters. The van der Waals surface area contributed by atoms with Gasteiger partial charge in [-0.05, 0) is 35.9 Å². The molecule has 0 amide bonds. The molecule has 0 heterocycles. The molecule has 88 valence electrons. The lowest BCUT2D eigenvalue weighted by atomic mass is 10.1. The summed E-state index contributed by atoms with van der Waals surface area (Å²) >= 11 is 1.97. The van der Waals surface area contributed by atoms with E-state index in [1.165, 1.54) is 22.6 Å². The van der Waals surface area contributed by atoms with Gasteiger partial charge in [-0.1, -0.05) is 25.1 Å². The largest absolute Gasteiger partial charge is 0.378 e. The number of hydrogen-bond donors (Lipinski definition) is 0. The van der Waals surface area contributed by atoms with Crippen LogP contribution in [0.2, 0.25) is 0 Å². The molecule has 2 heteroatoms. The Balaban J connectivity index is 2.99. The predicted octanol–water partition coefficient (Wildman–Crippen LogP) is 4.04. The lowest BCUT2D eigenvalue weighted by Gasteiger charge is -2.15. The predicted molar refractivity (Wildman–Crippen MR) is 77.3 cm³/mol. The minimum absolute atomic E-state index is 1.10. The van der Waals surface area contributed by atoms with Crippen molar-refractivity contribution >= 4 is 23.5 Å². The normalized spacial score (nSPS) is 11.0. The molecule has 1 aromatic rings. The maximum atomic E-state index is 2.26. The highest BCUT2D eigenvalue weighted by atomic mass is 32.2. The summed E-state index contributed by atoms with van der Waals surface area (Å²) in [4.78, 5) is 2.14. The number of allylic oxidation sites excluding steroid dienone is 1. The second-order valence-electron chi connectivity index (χ2n) is 3.91. The van der Waals surface area contributed by atoms with E-state index in [4.69, 9.17) is 0 Å². The molecular weight excluding hydrogens is 214 g/mol. The summed E-state index contributed by atoms with van der Waals surface area (Å²) < 4.78 is 0. The van der Waals surface area contributed by atoms with Crippen LogP contribution in [-0.2, 0) is 5.75 Å². The quantitative estimate of drug-likeness (QED) is 0.758. The van der Waals surface area contributed by atoms with E-state index in [-0.39, 0.29) is 0 Å². The molecule has 0 fully saturated rings. The van der Waals surface area contributed by atoms with Crippen molar-refractivity contribution in [2.75, 3.05) is 24.7 Å². The molecule has 0 aliphatic carbocycles. The number of thioether (sulfide) groups is 1. The van der Waals surface area contributed by atoms with E-state index in [2.05, 4.69) is 63.2 Å². The fourth-order valence-corrected chi connectivity index (χ4v) is 2.23. The maximum absolute atomic E-state index is 2.26. The zero-order chi connectivity index (χ0) is 12.0. The number of nitrogens with zero attached hydrogens (tertiary/aromatic N) is 1. The molecule has 1 rings (SSSR count). The van der Waals surface area contributed by atoms with E-state index >= 15 is 0 Å². The molecule has 0 aliphatic heterocycles. The van der Waals surface area contributed by atoms with Crippen molar-refractivity contribution in [2.24, 2.45) is 0 Å². The molecule has 16 heavy (non-hydrogen) atoms. The molecule has 0 aliphatic rings. The van der Waals surface area contributed by atoms with Gasteiger partial charge in [-0.25, -0.2) is 0 Å². The second kappa shape index (κ2) is 6.64. The molecule has 0 bridgehead atoms. The molecule has 0 saturated heterocycles. The topological polar surface area (TPSA) is 3.24 Å². The minimum Gasteiger partial charge on any atom is -0.378 e. The van der Waals surface area contributed by atoms with Crippen LogP contribution in [0.1, 0.15) is 25.0 Å². The Kier molecular flexibility index (Phi) is 5.47. The van der Waals surface area contributed by atoms with Gasteiger partial charge in [0, 0.05) is 25.5 Å². The summed E-state index contributed by atoms with van der Waals surface area (Å²) in [6.07, 6.45) is 4.30. The molecule has 0 spiro atoms. The third kappa shape index (κ3) is 3.60. The fourth-order valence-electron chi connectivity index (χ4n) is 1.54. The van der Waals surface area contributed by atoms with Gasteiger partial charge in [0.1, 0.15) is 0 Å². The van der Waals surface area contributed by atoms with E-state index in [1.807, 2.05) is 11.8 Å². The number of benzene rings is 1. The van der Waals surface area contributed by atoms with Crippen molar-refractivity contribution in [3.63, 3.8) is 0 Å². The van der Waals surface area contributed by atoms with Crippen molar-refractivity contribution in [2.45, 2.75) is 19.6 Å². The Morgan fingerprint density at radius 2 is 2.06 bits per heavy atom.